The number of carboxylic acid groups (broad SMARTS) is 2. The minimum Gasteiger partial charge on any atom is -0.542 e. The smallest absolute Gasteiger partial charge is 0.542 e. The van der Waals surface area contributed by atoms with Gasteiger partial charge in [0.1, 0.15) is 6.04 Å². The van der Waals surface area contributed by atoms with Gasteiger partial charge in [-0.15, -0.1) is 0 Å². The molecule has 0 aliphatic carbocycles. The van der Waals surface area contributed by atoms with E-state index >= 15 is 0 Å². The van der Waals surface area contributed by atoms with Gasteiger partial charge in [-0.3, -0.25) is 15.9 Å². The van der Waals surface area contributed by atoms with Crippen molar-refractivity contribution in [3.8, 4) is 0 Å². The molecule has 0 aliphatic rings. The summed E-state index contributed by atoms with van der Waals surface area (Å²) in [5, 5.41) is 16.3. The second-order valence-electron chi connectivity index (χ2n) is 7.72. The van der Waals surface area contributed by atoms with Crippen LogP contribution in [0.25, 0.3) is 0 Å². The van der Waals surface area contributed by atoms with E-state index in [1.165, 1.54) is 89.9 Å². The molecule has 0 amide bonds. The van der Waals surface area contributed by atoms with Crippen LogP contribution in [-0.2, 0) is 14.4 Å². The molecule has 0 saturated carbocycles. The van der Waals surface area contributed by atoms with Crippen LogP contribution in [0.4, 0.5) is 0 Å². The maximum absolute atomic E-state index is 10.0. The molecule has 0 rings (SSSR count). The zero-order valence-electron chi connectivity index (χ0n) is 19.5. The number of hydrogen-bond acceptors (Lipinski definition) is 4. The predicted octanol–water partition coefficient (Wildman–Crippen LogP) is 2.62. The van der Waals surface area contributed by atoms with Crippen LogP contribution >= 0.6 is 0 Å². The molecule has 0 aromatic rings. The molecular weight excluding hydrogens is 393 g/mol. The Kier molecular flexibility index (Phi) is 32.6. The van der Waals surface area contributed by atoms with Crippen molar-refractivity contribution in [1.82, 2.24) is 0 Å². The molecule has 172 valence electrons. The number of carbonyl (C=O) groups excluding carboxylic acids is 1. The maximum atomic E-state index is 10.0. The van der Waals surface area contributed by atoms with E-state index in [2.05, 4.69) is 6.92 Å². The van der Waals surface area contributed by atoms with Crippen LogP contribution in [-0.4, -0.2) is 34.5 Å². The molecule has 0 aromatic heterocycles. The van der Waals surface area contributed by atoms with E-state index in [0.717, 1.165) is 6.42 Å². The topological polar surface area (TPSA) is 118 Å². The second kappa shape index (κ2) is 28.6. The summed E-state index contributed by atoms with van der Waals surface area (Å²) >= 11 is 0. The average Bonchev–Trinajstić information content (AvgIpc) is 2.69. The fourth-order valence-corrected chi connectivity index (χ4v) is 2.97. The van der Waals surface area contributed by atoms with Crippen LogP contribution in [0.5, 0.6) is 0 Å². The molecule has 1 atom stereocenters. The van der Waals surface area contributed by atoms with E-state index in [0.29, 0.717) is 6.42 Å². The Hall–Kier alpha value is -0.430. The molecule has 30 heavy (non-hydrogen) atoms. The van der Waals surface area contributed by atoms with E-state index in [-0.39, 0.29) is 42.4 Å². The van der Waals surface area contributed by atoms with Crippen molar-refractivity contribution in [2.24, 2.45) is 5.73 Å². The van der Waals surface area contributed by atoms with Crippen LogP contribution in [0.1, 0.15) is 122 Å². The molecule has 0 heterocycles. The van der Waals surface area contributed by atoms with Crippen molar-refractivity contribution in [1.29, 1.82) is 0 Å². The number of nitrogens with two attached hydrogens (primary N) is 1. The SMILES string of the molecule is CCCCCCCCCCCCCCCCC[C-]=O.N[C@@H](CCC(=O)O)C(=O)O.[Na+]. The molecule has 0 saturated heterocycles. The monoisotopic (exact) mass is 437 g/mol. The first-order chi connectivity index (χ1) is 14.0. The molecule has 7 heteroatoms. The molecule has 4 N–H and O–H groups in total. The van der Waals surface area contributed by atoms with E-state index in [4.69, 9.17) is 15.9 Å². The van der Waals surface area contributed by atoms with Gasteiger partial charge in [0.15, 0.2) is 0 Å². The minimum absolute atomic E-state index is 0. The van der Waals surface area contributed by atoms with Gasteiger partial charge in [0.05, 0.1) is 0 Å². The summed E-state index contributed by atoms with van der Waals surface area (Å²) in [6, 6.07) is -1.06. The third-order valence-electron chi connectivity index (χ3n) is 4.87. The van der Waals surface area contributed by atoms with Crippen molar-refractivity contribution in [2.75, 3.05) is 0 Å². The number of carbonyl (C=O) groups is 2. The van der Waals surface area contributed by atoms with Gasteiger partial charge in [0.2, 0.25) is 0 Å². The number of hydrogen-bond donors (Lipinski definition) is 3. The number of carboxylic acids is 2. The Morgan fingerprint density at radius 2 is 1.13 bits per heavy atom. The van der Waals surface area contributed by atoms with Crippen molar-refractivity contribution in [3.63, 3.8) is 0 Å². The summed E-state index contributed by atoms with van der Waals surface area (Å²) in [5.41, 5.74) is 5.00. The number of aliphatic carboxylic acids is 2. The number of unbranched alkanes of at least 4 members (excludes halogenated alkanes) is 15. The van der Waals surface area contributed by atoms with Crippen LogP contribution in [0.15, 0.2) is 0 Å². The van der Waals surface area contributed by atoms with E-state index in [9.17, 15) is 14.4 Å². The molecule has 6 nitrogen and oxygen atoms in total. The molecular formula is C23H44NNaO5. The van der Waals surface area contributed by atoms with Crippen LogP contribution in [0.2, 0.25) is 0 Å². The van der Waals surface area contributed by atoms with E-state index in [1.54, 1.807) is 0 Å². The largest absolute Gasteiger partial charge is 1.00 e. The first kappa shape index (κ1) is 34.2. The van der Waals surface area contributed by atoms with Gasteiger partial charge >= 0.3 is 41.5 Å². The standard InChI is InChI=1S/C18H35O.C5H9NO4.Na/c1-2-3-4-5-6-7-8-9-10-11-12-13-14-15-16-17-18-19;6-3(5(9)10)1-2-4(7)8;/h2-17H2,1H3;3H,1-2,6H2,(H,7,8)(H,9,10);/q-1;;+1/t;3-;/m.0./s1. The van der Waals surface area contributed by atoms with Crippen molar-refractivity contribution < 1.29 is 54.2 Å². The van der Waals surface area contributed by atoms with Gasteiger partial charge in [0.25, 0.3) is 0 Å². The molecule has 0 fully saturated rings. The Balaban J connectivity index is -0.000000563. The first-order valence-corrected chi connectivity index (χ1v) is 11.5. The molecule has 0 spiro atoms. The Morgan fingerprint density at radius 1 is 0.767 bits per heavy atom. The van der Waals surface area contributed by atoms with Crippen LogP contribution in [0.3, 0.4) is 0 Å². The zero-order valence-corrected chi connectivity index (χ0v) is 21.5. The maximum Gasteiger partial charge on any atom is 1.00 e. The van der Waals surface area contributed by atoms with Crippen molar-refractivity contribution >= 4 is 18.2 Å². The van der Waals surface area contributed by atoms with Gasteiger partial charge in [-0.2, -0.15) is 6.42 Å². The van der Waals surface area contributed by atoms with Gasteiger partial charge < -0.3 is 20.7 Å². The third kappa shape index (κ3) is 32.2. The summed E-state index contributed by atoms with van der Waals surface area (Å²) in [6.45, 7) is 2.28. The molecule has 0 aromatic carbocycles. The molecule has 0 bridgehead atoms. The van der Waals surface area contributed by atoms with E-state index in [1.807, 2.05) is 6.29 Å². The quantitative estimate of drug-likeness (QED) is 0.153. The van der Waals surface area contributed by atoms with Crippen molar-refractivity contribution in [3.05, 3.63) is 0 Å². The van der Waals surface area contributed by atoms with Gasteiger partial charge in [-0.1, -0.05) is 103 Å². The number of rotatable bonds is 20. The summed E-state index contributed by atoms with van der Waals surface area (Å²) in [6.07, 6.45) is 23.0. The van der Waals surface area contributed by atoms with Gasteiger partial charge in [0, 0.05) is 6.42 Å². The second-order valence-corrected chi connectivity index (χ2v) is 7.72. The fourth-order valence-electron chi connectivity index (χ4n) is 2.97. The predicted molar refractivity (Wildman–Crippen MR) is 118 cm³/mol. The normalized spacial score (nSPS) is 11.0. The Morgan fingerprint density at radius 3 is 1.43 bits per heavy atom. The molecule has 0 aliphatic heterocycles. The molecule has 0 unspecified atom stereocenters. The third-order valence-corrected chi connectivity index (χ3v) is 4.87. The zero-order chi connectivity index (χ0) is 22.2. The molecule has 0 radical (unpaired) electrons. The fraction of sp³-hybridized carbons (Fsp3) is 0.870. The van der Waals surface area contributed by atoms with Gasteiger partial charge in [-0.25, -0.2) is 0 Å². The average molecular weight is 438 g/mol. The summed E-state index contributed by atoms with van der Waals surface area (Å²) in [7, 11) is 0. The first-order valence-electron chi connectivity index (χ1n) is 11.5. The Bertz CT molecular complexity index is 394. The van der Waals surface area contributed by atoms with Crippen molar-refractivity contribution in [2.45, 2.75) is 129 Å². The summed E-state index contributed by atoms with van der Waals surface area (Å²) < 4.78 is 0. The summed E-state index contributed by atoms with van der Waals surface area (Å²) in [4.78, 5) is 29.9. The van der Waals surface area contributed by atoms with Gasteiger partial charge in [-0.05, 0) is 6.42 Å². The minimum atomic E-state index is -1.17. The van der Waals surface area contributed by atoms with Crippen LogP contribution in [0, 0.1) is 0 Å². The summed E-state index contributed by atoms with van der Waals surface area (Å²) in [5.74, 6) is -2.20. The van der Waals surface area contributed by atoms with Crippen LogP contribution < -0.4 is 35.3 Å². The van der Waals surface area contributed by atoms with E-state index < -0.39 is 18.0 Å². The Labute approximate surface area is 206 Å².